The highest BCUT2D eigenvalue weighted by Crippen LogP contribution is 2.13. The van der Waals surface area contributed by atoms with Crippen molar-refractivity contribution >= 4 is 94.9 Å². The van der Waals surface area contributed by atoms with Gasteiger partial charge in [0.2, 0.25) is 59.1 Å². The Kier molecular flexibility index (Phi) is 36.0. The fourth-order valence-corrected chi connectivity index (χ4v) is 7.70. The molecule has 0 radical (unpaired) electrons. The van der Waals surface area contributed by atoms with Gasteiger partial charge in [-0.2, -0.15) is 0 Å². The number of ether oxygens (including phenoxy) is 1. The number of rotatable bonds is 44. The lowest BCUT2D eigenvalue weighted by atomic mass is 9.97. The quantitative estimate of drug-likeness (QED) is 0.0254. The number of aliphatic carboxylic acids is 6. The van der Waals surface area contributed by atoms with Crippen LogP contribution in [-0.4, -0.2) is 223 Å². The van der Waals surface area contributed by atoms with E-state index in [9.17, 15) is 118 Å². The van der Waals surface area contributed by atoms with Crippen molar-refractivity contribution in [3.05, 3.63) is 0 Å². The van der Waals surface area contributed by atoms with Crippen molar-refractivity contribution in [1.29, 1.82) is 0 Å². The van der Waals surface area contributed by atoms with Crippen LogP contribution in [0.15, 0.2) is 0 Å². The summed E-state index contributed by atoms with van der Waals surface area (Å²) in [5, 5.41) is 98.6. The predicted octanol–water partition coefficient (Wildman–Crippen LogP) is -5.13. The van der Waals surface area contributed by atoms with E-state index in [1.165, 1.54) is 27.7 Å². The molecule has 0 aliphatic carbocycles. The molecule has 0 saturated carbocycles. The minimum Gasteiger partial charge on any atom is -0.481 e. The molecule has 0 aromatic rings. The molecule has 35 heteroatoms. The molecule has 35 nitrogen and oxygen atoms in total. The Hall–Kier alpha value is -8.60. The average molecular weight is 1250 g/mol. The van der Waals surface area contributed by atoms with E-state index in [0.29, 0.717) is 0 Å². The van der Waals surface area contributed by atoms with Crippen LogP contribution in [0.2, 0.25) is 0 Å². The number of aliphatic hydroxyl groups is 2. The molecule has 0 spiro atoms. The Morgan fingerprint density at radius 3 is 0.862 bits per heavy atom. The maximum Gasteiger partial charge on any atom is 0.326 e. The summed E-state index contributed by atoms with van der Waals surface area (Å²) in [5.74, 6) is -22.8. The van der Waals surface area contributed by atoms with E-state index in [1.54, 1.807) is 27.7 Å². The van der Waals surface area contributed by atoms with Crippen LogP contribution in [0, 0.1) is 23.7 Å². The molecule has 18 N–H and O–H groups in total. The summed E-state index contributed by atoms with van der Waals surface area (Å²) >= 11 is 0. The number of carboxylic acid groups (broad SMARTS) is 6. The standard InChI is InChI=1S/C52H84N10O25/c1-9-25(7)41(49(81)53-27(11-13-35(67)68)43(75)57-31(21-63)47(79)55-29(19-37(71)72)45(77)61-39(23(3)4)51(83)84)59-33(65)15-17-87-18-16-34(66)60-42(26(8)10-2)50(82)54-28(12-14-36(69)70)44(76)58-32(22-64)48(80)56-30(20-38(73)74)46(78)62-40(24(5)6)52(85)86/h23-32,39-42,63-64H,9-22H2,1-8H3,(H,53,81)(H,54,82)(H,55,79)(H,56,80)(H,57,75)(H,58,76)(H,59,65)(H,60,66)(H,61,77)(H,62,78)(H,67,68)(H,69,70)(H,71,72)(H,73,74)(H,83,84)(H,85,86)/t25-,26-,27-,28-,29-,30-,31-,32-,39-,40-,41-,42-/m0/s1. The van der Waals surface area contributed by atoms with Gasteiger partial charge >= 0.3 is 35.8 Å². The fraction of sp³-hybridized carbons (Fsp3) is 0.692. The first-order valence-corrected chi connectivity index (χ1v) is 27.7. The third kappa shape index (κ3) is 29.9. The zero-order valence-electron chi connectivity index (χ0n) is 49.5. The van der Waals surface area contributed by atoms with Gasteiger partial charge in [0.15, 0.2) is 0 Å². The molecule has 0 fully saturated rings. The molecule has 0 saturated heterocycles. The zero-order valence-corrected chi connectivity index (χ0v) is 49.5. The van der Waals surface area contributed by atoms with Crippen LogP contribution in [0.3, 0.4) is 0 Å². The van der Waals surface area contributed by atoms with E-state index in [1.807, 2.05) is 10.6 Å². The van der Waals surface area contributed by atoms with Gasteiger partial charge < -0.3 is 98.8 Å². The summed E-state index contributed by atoms with van der Waals surface area (Å²) in [7, 11) is 0. The second kappa shape index (κ2) is 39.9. The summed E-state index contributed by atoms with van der Waals surface area (Å²) in [6.07, 6.45) is -5.12. The topological polar surface area (TPSA) is 564 Å². The third-order valence-electron chi connectivity index (χ3n) is 13.2. The summed E-state index contributed by atoms with van der Waals surface area (Å²) in [4.78, 5) is 203. The van der Waals surface area contributed by atoms with Crippen LogP contribution in [0.1, 0.15) is 120 Å². The van der Waals surface area contributed by atoms with E-state index in [-0.39, 0.29) is 26.1 Å². The molecule has 10 amide bonds. The number of aliphatic hydroxyl groups excluding tert-OH is 2. The van der Waals surface area contributed by atoms with Crippen LogP contribution in [-0.2, 0) is 81.4 Å². The Morgan fingerprint density at radius 2 is 0.609 bits per heavy atom. The van der Waals surface area contributed by atoms with Gasteiger partial charge in [0.1, 0.15) is 60.4 Å². The lowest BCUT2D eigenvalue weighted by molar-refractivity contribution is -0.145. The molecule has 0 unspecified atom stereocenters. The van der Waals surface area contributed by atoms with Gasteiger partial charge in [-0.3, -0.25) is 67.1 Å². The van der Waals surface area contributed by atoms with Crippen molar-refractivity contribution in [1.82, 2.24) is 53.2 Å². The Bertz CT molecular complexity index is 2280. The van der Waals surface area contributed by atoms with Crippen molar-refractivity contribution in [2.75, 3.05) is 26.4 Å². The first-order valence-electron chi connectivity index (χ1n) is 27.7. The zero-order chi connectivity index (χ0) is 67.0. The first-order chi connectivity index (χ1) is 40.5. The SMILES string of the molecule is CC[C@H](C)[C@H](NC(=O)CCOCCC(=O)N[C@H](C(=O)N[C@@H](CCC(=O)O)C(=O)N[C@@H](CO)C(=O)N[C@@H](CC(=O)O)C(=O)N[C@H](C(=O)O)C(C)C)[C@@H](C)CC)C(=O)N[C@@H](CCC(=O)O)C(=O)N[C@@H](CO)C(=O)N[C@@H](CC(=O)O)C(=O)N[C@H](C(=O)O)C(C)C. The van der Waals surface area contributed by atoms with Gasteiger partial charge in [-0.05, 0) is 36.5 Å². The van der Waals surface area contributed by atoms with E-state index < -0.39 is 244 Å². The molecule has 0 aromatic heterocycles. The molecule has 87 heavy (non-hydrogen) atoms. The average Bonchev–Trinajstić information content (AvgIpc) is 3.51. The molecule has 0 aliphatic rings. The van der Waals surface area contributed by atoms with E-state index >= 15 is 0 Å². The lowest BCUT2D eigenvalue weighted by Gasteiger charge is -2.28. The number of hydrogen-bond acceptors (Lipinski definition) is 19. The largest absolute Gasteiger partial charge is 0.481 e. The number of carboxylic acids is 6. The highest BCUT2D eigenvalue weighted by atomic mass is 16.5. The second-order valence-electron chi connectivity index (χ2n) is 20.9. The molecular weight excluding hydrogens is 1160 g/mol. The van der Waals surface area contributed by atoms with Crippen LogP contribution in [0.25, 0.3) is 0 Å². The lowest BCUT2D eigenvalue weighted by Crippen LogP contribution is -2.60. The van der Waals surface area contributed by atoms with E-state index in [4.69, 9.17) is 4.74 Å². The molecule has 0 aliphatic heterocycles. The Morgan fingerprint density at radius 1 is 0.333 bits per heavy atom. The van der Waals surface area contributed by atoms with Crippen molar-refractivity contribution in [3.63, 3.8) is 0 Å². The molecular formula is C52H84N10O25. The van der Waals surface area contributed by atoms with Crippen LogP contribution < -0.4 is 53.2 Å². The van der Waals surface area contributed by atoms with Crippen molar-refractivity contribution in [3.8, 4) is 0 Å². The normalized spacial score (nSPS) is 15.2. The highest BCUT2D eigenvalue weighted by Gasteiger charge is 2.37. The monoisotopic (exact) mass is 1250 g/mol. The summed E-state index contributed by atoms with van der Waals surface area (Å²) in [5.41, 5.74) is 0. The molecule has 492 valence electrons. The van der Waals surface area contributed by atoms with Gasteiger partial charge in [0.25, 0.3) is 0 Å². The van der Waals surface area contributed by atoms with Crippen molar-refractivity contribution < 1.29 is 122 Å². The van der Waals surface area contributed by atoms with Gasteiger partial charge in [-0.1, -0.05) is 68.2 Å². The number of carbonyl (C=O) groups is 16. The molecule has 0 heterocycles. The minimum atomic E-state index is -1.94. The van der Waals surface area contributed by atoms with Gasteiger partial charge in [-0.25, -0.2) is 9.59 Å². The third-order valence-corrected chi connectivity index (χ3v) is 13.2. The maximum absolute atomic E-state index is 13.7. The first kappa shape index (κ1) is 78.4. The number of hydrogen-bond donors (Lipinski definition) is 18. The predicted molar refractivity (Wildman–Crippen MR) is 296 cm³/mol. The second-order valence-corrected chi connectivity index (χ2v) is 20.9. The molecule has 0 bridgehead atoms. The summed E-state index contributed by atoms with van der Waals surface area (Å²) in [6, 6.07) is -17.0. The van der Waals surface area contributed by atoms with Crippen molar-refractivity contribution in [2.24, 2.45) is 23.7 Å². The summed E-state index contributed by atoms with van der Waals surface area (Å²) < 4.78 is 5.45. The minimum absolute atomic E-state index is 0.256. The molecule has 0 aromatic carbocycles. The Balaban J connectivity index is 6.01. The summed E-state index contributed by atoms with van der Waals surface area (Å²) in [6.45, 7) is 9.13. The van der Waals surface area contributed by atoms with Crippen LogP contribution in [0.5, 0.6) is 0 Å². The maximum atomic E-state index is 13.7. The van der Waals surface area contributed by atoms with Crippen molar-refractivity contribution in [2.45, 2.75) is 180 Å². The van der Waals surface area contributed by atoms with Crippen LogP contribution in [0.4, 0.5) is 0 Å². The van der Waals surface area contributed by atoms with E-state index in [0.717, 1.165) is 0 Å². The van der Waals surface area contributed by atoms with E-state index in [2.05, 4.69) is 42.5 Å². The number of nitrogens with one attached hydrogen (secondary N) is 10. The Labute approximate surface area is 499 Å². The van der Waals surface area contributed by atoms with Crippen LogP contribution >= 0.6 is 0 Å². The number of carbonyl (C=O) groups excluding carboxylic acids is 10. The van der Waals surface area contributed by atoms with Gasteiger partial charge in [-0.15, -0.1) is 0 Å². The molecule has 12 atom stereocenters. The van der Waals surface area contributed by atoms with Gasteiger partial charge in [0.05, 0.1) is 39.3 Å². The highest BCUT2D eigenvalue weighted by molar-refractivity contribution is 5.99. The number of amides is 10. The molecule has 0 rings (SSSR count). The smallest absolute Gasteiger partial charge is 0.326 e. The fourth-order valence-electron chi connectivity index (χ4n) is 7.70. The van der Waals surface area contributed by atoms with Gasteiger partial charge in [0, 0.05) is 25.7 Å².